The van der Waals surface area contributed by atoms with Gasteiger partial charge in [-0.1, -0.05) is 6.92 Å². The number of hydrogen-bond acceptors (Lipinski definition) is 8. The average Bonchev–Trinajstić information content (AvgIpc) is 3.54. The zero-order valence-electron chi connectivity index (χ0n) is 21.5. The number of benzene rings is 1. The molecule has 1 saturated carbocycles. The maximum absolute atomic E-state index is 13.3. The molecule has 2 aromatic rings. The van der Waals surface area contributed by atoms with E-state index in [0.29, 0.717) is 0 Å². The molecule has 1 fully saturated rings. The molecule has 0 spiro atoms. The monoisotopic (exact) mass is 499 g/mol. The Morgan fingerprint density at radius 1 is 1.25 bits per heavy atom. The number of amides is 1. The number of anilines is 1. The number of nitro benzene ring substituents is 1. The fourth-order valence-corrected chi connectivity index (χ4v) is 3.78. The molecule has 0 atom stereocenters. The van der Waals surface area contributed by atoms with Crippen molar-refractivity contribution >= 4 is 23.4 Å². The Bertz CT molecular complexity index is 1240. The smallest absolute Gasteiger partial charge is 0.326 e. The van der Waals surface area contributed by atoms with Crippen molar-refractivity contribution in [1.29, 1.82) is 0 Å². The van der Waals surface area contributed by atoms with Crippen molar-refractivity contribution in [2.75, 3.05) is 5.32 Å². The number of ether oxygens (including phenoxy) is 1. The van der Waals surface area contributed by atoms with E-state index in [0.717, 1.165) is 23.8 Å². The largest absolute Gasteiger partial charge is 0.459 e. The predicted octanol–water partition coefficient (Wildman–Crippen LogP) is 3.65. The Labute approximate surface area is 209 Å². The second kappa shape index (κ2) is 10.1. The van der Waals surface area contributed by atoms with Crippen LogP contribution in [0.25, 0.3) is 11.3 Å². The van der Waals surface area contributed by atoms with Crippen LogP contribution in [-0.4, -0.2) is 43.5 Å². The van der Waals surface area contributed by atoms with Crippen LogP contribution in [0, 0.1) is 10.1 Å². The lowest BCUT2D eigenvalue weighted by Gasteiger charge is -2.21. The van der Waals surface area contributed by atoms with Gasteiger partial charge in [-0.2, -0.15) is 0 Å². The van der Waals surface area contributed by atoms with Crippen molar-refractivity contribution in [2.24, 2.45) is 0 Å². The number of nitro groups is 1. The van der Waals surface area contributed by atoms with Crippen LogP contribution in [0.5, 0.6) is 0 Å². The summed E-state index contributed by atoms with van der Waals surface area (Å²) in [5, 5.41) is 17.6. The molecular weight excluding hydrogens is 466 g/mol. The molecule has 194 valence electrons. The van der Waals surface area contributed by atoms with Crippen molar-refractivity contribution in [3.63, 3.8) is 0 Å². The summed E-state index contributed by atoms with van der Waals surface area (Å²) >= 11 is 0. The Hall–Kier alpha value is -3.76. The van der Waals surface area contributed by atoms with E-state index in [1.54, 1.807) is 20.8 Å². The Morgan fingerprint density at radius 2 is 1.92 bits per heavy atom. The topological polar surface area (TPSA) is 145 Å². The Balaban J connectivity index is 2.12. The molecule has 11 heteroatoms. The van der Waals surface area contributed by atoms with E-state index >= 15 is 0 Å². The summed E-state index contributed by atoms with van der Waals surface area (Å²) < 4.78 is 6.55. The molecule has 1 aromatic carbocycles. The third kappa shape index (κ3) is 6.46. The van der Waals surface area contributed by atoms with E-state index in [1.165, 1.54) is 24.4 Å². The second-order valence-corrected chi connectivity index (χ2v) is 10.4. The van der Waals surface area contributed by atoms with Crippen LogP contribution in [-0.2, 0) is 16.1 Å². The second-order valence-electron chi connectivity index (χ2n) is 10.4. The van der Waals surface area contributed by atoms with E-state index in [4.69, 9.17) is 4.74 Å². The van der Waals surface area contributed by atoms with E-state index in [2.05, 4.69) is 15.6 Å². The van der Waals surface area contributed by atoms with Gasteiger partial charge in [0.05, 0.1) is 16.8 Å². The third-order valence-electron chi connectivity index (χ3n) is 5.78. The molecule has 3 rings (SSSR count). The number of carbonyl (C=O) groups is 2. The number of aromatic nitrogens is 2. The molecule has 0 bridgehead atoms. The number of esters is 1. The molecule has 1 aromatic heterocycles. The van der Waals surface area contributed by atoms with Gasteiger partial charge in [-0.25, -0.2) is 4.98 Å². The van der Waals surface area contributed by atoms with Gasteiger partial charge in [-0.15, -0.1) is 0 Å². The highest BCUT2D eigenvalue weighted by molar-refractivity contribution is 5.97. The van der Waals surface area contributed by atoms with Crippen molar-refractivity contribution < 1.29 is 19.2 Å². The lowest BCUT2D eigenvalue weighted by Crippen LogP contribution is -2.36. The van der Waals surface area contributed by atoms with Gasteiger partial charge >= 0.3 is 5.97 Å². The fourth-order valence-electron chi connectivity index (χ4n) is 3.78. The maximum atomic E-state index is 13.3. The normalized spacial score (nSPS) is 14.3. The van der Waals surface area contributed by atoms with E-state index < -0.39 is 34.5 Å². The van der Waals surface area contributed by atoms with Crippen LogP contribution in [0.1, 0.15) is 71.2 Å². The highest BCUT2D eigenvalue weighted by Gasteiger charge is 2.42. The van der Waals surface area contributed by atoms with Crippen molar-refractivity contribution in [3.05, 3.63) is 50.4 Å². The van der Waals surface area contributed by atoms with Gasteiger partial charge in [-0.05, 0) is 59.9 Å². The quantitative estimate of drug-likeness (QED) is 0.302. The SMILES string of the molecule is CCC1(NC(=O)c2cc(-c3cnc(NC(C)C)c(=O)n3CC(=O)OC(C)(C)C)cc([N+](=O)[O-])c2)CC1. The summed E-state index contributed by atoms with van der Waals surface area (Å²) in [6.07, 6.45) is 3.80. The van der Waals surface area contributed by atoms with Crippen LogP contribution in [0.15, 0.2) is 29.2 Å². The van der Waals surface area contributed by atoms with Gasteiger partial charge in [0, 0.05) is 34.8 Å². The van der Waals surface area contributed by atoms with Crippen molar-refractivity contribution in [3.8, 4) is 11.3 Å². The predicted molar refractivity (Wildman–Crippen MR) is 135 cm³/mol. The molecule has 1 heterocycles. The molecular formula is C25H33N5O6. The van der Waals surface area contributed by atoms with Crippen molar-refractivity contribution in [1.82, 2.24) is 14.9 Å². The molecule has 36 heavy (non-hydrogen) atoms. The molecule has 1 aliphatic carbocycles. The minimum Gasteiger partial charge on any atom is -0.459 e. The lowest BCUT2D eigenvalue weighted by molar-refractivity contribution is -0.384. The van der Waals surface area contributed by atoms with Crippen molar-refractivity contribution in [2.45, 2.75) is 84.5 Å². The first kappa shape index (κ1) is 26.8. The first-order valence-corrected chi connectivity index (χ1v) is 11.9. The number of hydrogen-bond donors (Lipinski definition) is 2. The molecule has 0 unspecified atom stereocenters. The summed E-state index contributed by atoms with van der Waals surface area (Å²) in [6.45, 7) is 10.3. The van der Waals surface area contributed by atoms with Gasteiger partial charge in [0.1, 0.15) is 12.1 Å². The van der Waals surface area contributed by atoms with Crippen LogP contribution in [0.4, 0.5) is 11.5 Å². The van der Waals surface area contributed by atoms with Gasteiger partial charge < -0.3 is 15.4 Å². The van der Waals surface area contributed by atoms with Crippen LogP contribution in [0.2, 0.25) is 0 Å². The minimum atomic E-state index is -0.776. The molecule has 11 nitrogen and oxygen atoms in total. The zero-order chi connectivity index (χ0) is 26.8. The van der Waals surface area contributed by atoms with E-state index in [-0.39, 0.29) is 39.9 Å². The fraction of sp³-hybridized carbons (Fsp3) is 0.520. The van der Waals surface area contributed by atoms with E-state index in [1.807, 2.05) is 20.8 Å². The summed E-state index contributed by atoms with van der Waals surface area (Å²) in [5.41, 5.74) is -1.53. The van der Waals surface area contributed by atoms with Crippen LogP contribution >= 0.6 is 0 Å². The number of non-ortho nitro benzene ring substituents is 1. The summed E-state index contributed by atoms with van der Waals surface area (Å²) in [6, 6.07) is 3.81. The summed E-state index contributed by atoms with van der Waals surface area (Å²) in [4.78, 5) is 54.2. The minimum absolute atomic E-state index is 0.0272. The highest BCUT2D eigenvalue weighted by Crippen LogP contribution is 2.38. The highest BCUT2D eigenvalue weighted by atomic mass is 16.6. The van der Waals surface area contributed by atoms with Gasteiger partial charge in [0.2, 0.25) is 0 Å². The number of nitrogens with zero attached hydrogens (tertiary/aromatic N) is 3. The number of carbonyl (C=O) groups excluding carboxylic acids is 2. The average molecular weight is 500 g/mol. The molecule has 1 amide bonds. The summed E-state index contributed by atoms with van der Waals surface area (Å²) in [7, 11) is 0. The van der Waals surface area contributed by atoms with E-state index in [9.17, 15) is 24.5 Å². The molecule has 0 aliphatic heterocycles. The Morgan fingerprint density at radius 3 is 2.44 bits per heavy atom. The first-order valence-electron chi connectivity index (χ1n) is 11.9. The number of rotatable bonds is 9. The van der Waals surface area contributed by atoms with Gasteiger partial charge in [-0.3, -0.25) is 29.1 Å². The molecule has 0 radical (unpaired) electrons. The van der Waals surface area contributed by atoms with Crippen LogP contribution in [0.3, 0.4) is 0 Å². The Kier molecular flexibility index (Phi) is 7.51. The zero-order valence-corrected chi connectivity index (χ0v) is 21.5. The lowest BCUT2D eigenvalue weighted by atomic mass is 10.0. The molecule has 2 N–H and O–H groups in total. The van der Waals surface area contributed by atoms with Gasteiger partial charge in [0.15, 0.2) is 5.82 Å². The summed E-state index contributed by atoms with van der Waals surface area (Å²) in [5.74, 6) is -1.07. The first-order chi connectivity index (χ1) is 16.7. The molecule has 1 aliphatic rings. The molecule has 0 saturated heterocycles. The number of nitrogens with one attached hydrogen (secondary N) is 2. The maximum Gasteiger partial charge on any atom is 0.326 e. The third-order valence-corrected chi connectivity index (χ3v) is 5.78. The van der Waals surface area contributed by atoms with Crippen LogP contribution < -0.4 is 16.2 Å². The standard InChI is InChI=1S/C25H33N5O6/c1-7-25(8-9-25)28-22(32)17-10-16(11-18(12-17)30(34)35)19-13-26-21(27-15(2)3)23(33)29(19)14-20(31)36-24(4,5)6/h10-13,15H,7-9,14H2,1-6H3,(H,26,27)(H,28,32). The van der Waals surface area contributed by atoms with Gasteiger partial charge in [0.25, 0.3) is 17.2 Å².